The summed E-state index contributed by atoms with van der Waals surface area (Å²) in [5.41, 5.74) is 8.62. The molecule has 3 unspecified atom stereocenters. The Morgan fingerprint density at radius 2 is 1.38 bits per heavy atom. The molecule has 0 heterocycles. The second-order valence-corrected chi connectivity index (χ2v) is 7.28. The van der Waals surface area contributed by atoms with Crippen LogP contribution in [0.15, 0.2) is 60.7 Å². The fourth-order valence-corrected chi connectivity index (χ4v) is 3.65. The fourth-order valence-electron chi connectivity index (χ4n) is 3.44. The van der Waals surface area contributed by atoms with Crippen LogP contribution in [0.25, 0.3) is 0 Å². The molecule has 3 atom stereocenters. The van der Waals surface area contributed by atoms with Crippen molar-refractivity contribution in [3.63, 3.8) is 0 Å². The second kappa shape index (κ2) is 10.5. The molecule has 130 valence electrons. The molecule has 0 saturated heterocycles. The minimum atomic E-state index is 0.0396. The molecule has 0 aliphatic rings. The van der Waals surface area contributed by atoms with E-state index in [0.29, 0.717) is 18.4 Å². The van der Waals surface area contributed by atoms with E-state index in [1.165, 1.54) is 30.4 Å². The lowest BCUT2D eigenvalue weighted by molar-refractivity contribution is 0.465. The van der Waals surface area contributed by atoms with Gasteiger partial charge in [-0.3, -0.25) is 0 Å². The van der Waals surface area contributed by atoms with Crippen LogP contribution in [-0.2, 0) is 0 Å². The number of hydrogen-bond acceptors (Lipinski definition) is 1. The molecule has 2 heteroatoms. The largest absolute Gasteiger partial charge is 0.329 e. The second-order valence-electron chi connectivity index (χ2n) is 6.66. The highest BCUT2D eigenvalue weighted by Gasteiger charge is 2.21. The quantitative estimate of drug-likeness (QED) is 0.519. The van der Waals surface area contributed by atoms with Crippen LogP contribution in [0.4, 0.5) is 0 Å². The number of hydrogen-bond donors (Lipinski definition) is 1. The van der Waals surface area contributed by atoms with Gasteiger partial charge in [0, 0.05) is 11.9 Å². The van der Waals surface area contributed by atoms with Crippen LogP contribution in [0.3, 0.4) is 0 Å². The molecule has 2 aromatic rings. The summed E-state index contributed by atoms with van der Waals surface area (Å²) in [5.74, 6) is 1.04. The van der Waals surface area contributed by atoms with Crippen LogP contribution >= 0.6 is 11.6 Å². The van der Waals surface area contributed by atoms with Gasteiger partial charge in [-0.2, -0.15) is 0 Å². The van der Waals surface area contributed by atoms with Gasteiger partial charge in [0.1, 0.15) is 0 Å². The van der Waals surface area contributed by atoms with Gasteiger partial charge >= 0.3 is 0 Å². The van der Waals surface area contributed by atoms with E-state index in [9.17, 15) is 0 Å². The van der Waals surface area contributed by atoms with Gasteiger partial charge in [-0.05, 0) is 42.2 Å². The summed E-state index contributed by atoms with van der Waals surface area (Å²) < 4.78 is 0. The Morgan fingerprint density at radius 3 is 1.88 bits per heavy atom. The molecule has 0 spiro atoms. The average molecular weight is 344 g/mol. The van der Waals surface area contributed by atoms with E-state index in [1.807, 2.05) is 0 Å². The van der Waals surface area contributed by atoms with Crippen LogP contribution in [-0.4, -0.2) is 11.9 Å². The van der Waals surface area contributed by atoms with Crippen molar-refractivity contribution in [2.24, 2.45) is 5.73 Å². The van der Waals surface area contributed by atoms with Crippen LogP contribution in [0.5, 0.6) is 0 Å². The van der Waals surface area contributed by atoms with Crippen molar-refractivity contribution in [3.8, 4) is 0 Å². The summed E-state index contributed by atoms with van der Waals surface area (Å²) in [5, 5.41) is 0.0396. The SMILES string of the molecule is CCCCC(CC(CC(Cl)CN)c1ccccc1)c1ccccc1. The zero-order valence-electron chi connectivity index (χ0n) is 14.7. The van der Waals surface area contributed by atoms with Gasteiger partial charge in [-0.25, -0.2) is 0 Å². The molecule has 2 rings (SSSR count). The van der Waals surface area contributed by atoms with Gasteiger partial charge in [0.15, 0.2) is 0 Å². The van der Waals surface area contributed by atoms with Gasteiger partial charge < -0.3 is 5.73 Å². The molecule has 1 nitrogen and oxygen atoms in total. The van der Waals surface area contributed by atoms with Gasteiger partial charge in [-0.15, -0.1) is 11.6 Å². The first-order chi connectivity index (χ1) is 11.7. The molecular weight excluding hydrogens is 314 g/mol. The lowest BCUT2D eigenvalue weighted by Crippen LogP contribution is -2.19. The van der Waals surface area contributed by atoms with E-state index < -0.39 is 0 Å². The Morgan fingerprint density at radius 1 is 0.833 bits per heavy atom. The van der Waals surface area contributed by atoms with Crippen LogP contribution in [0.2, 0.25) is 0 Å². The van der Waals surface area contributed by atoms with Crippen molar-refractivity contribution in [1.82, 2.24) is 0 Å². The Kier molecular flexibility index (Phi) is 8.35. The minimum absolute atomic E-state index is 0.0396. The third-order valence-electron chi connectivity index (χ3n) is 4.81. The number of unbranched alkanes of at least 4 members (excludes halogenated alkanes) is 1. The predicted molar refractivity (Wildman–Crippen MR) is 106 cm³/mol. The maximum Gasteiger partial charge on any atom is 0.0464 e. The topological polar surface area (TPSA) is 26.0 Å². The Labute approximate surface area is 152 Å². The molecule has 2 N–H and O–H groups in total. The van der Waals surface area contributed by atoms with E-state index in [2.05, 4.69) is 67.6 Å². The Hall–Kier alpha value is -1.31. The van der Waals surface area contributed by atoms with Crippen molar-refractivity contribution in [2.45, 2.75) is 56.2 Å². The number of nitrogens with two attached hydrogens (primary N) is 1. The molecule has 24 heavy (non-hydrogen) atoms. The summed E-state index contributed by atoms with van der Waals surface area (Å²) in [6.07, 6.45) is 5.82. The van der Waals surface area contributed by atoms with Crippen molar-refractivity contribution < 1.29 is 0 Å². The van der Waals surface area contributed by atoms with Crippen LogP contribution in [0, 0.1) is 0 Å². The van der Waals surface area contributed by atoms with Crippen molar-refractivity contribution in [2.75, 3.05) is 6.54 Å². The monoisotopic (exact) mass is 343 g/mol. The van der Waals surface area contributed by atoms with E-state index >= 15 is 0 Å². The summed E-state index contributed by atoms with van der Waals surface area (Å²) in [6.45, 7) is 2.80. The maximum atomic E-state index is 6.42. The molecule has 0 aliphatic carbocycles. The lowest BCUT2D eigenvalue weighted by Gasteiger charge is -2.26. The van der Waals surface area contributed by atoms with E-state index in [1.54, 1.807) is 0 Å². The van der Waals surface area contributed by atoms with Crippen molar-refractivity contribution in [3.05, 3.63) is 71.8 Å². The zero-order valence-corrected chi connectivity index (χ0v) is 15.5. The molecule has 0 amide bonds. The highest BCUT2D eigenvalue weighted by atomic mass is 35.5. The van der Waals surface area contributed by atoms with Crippen molar-refractivity contribution in [1.29, 1.82) is 0 Å². The van der Waals surface area contributed by atoms with Gasteiger partial charge in [0.05, 0.1) is 0 Å². The summed E-state index contributed by atoms with van der Waals surface area (Å²) in [4.78, 5) is 0. The van der Waals surface area contributed by atoms with Gasteiger partial charge in [0.2, 0.25) is 0 Å². The normalized spacial score (nSPS) is 15.0. The molecule has 0 radical (unpaired) electrons. The van der Waals surface area contributed by atoms with Crippen molar-refractivity contribution >= 4 is 11.6 Å². The van der Waals surface area contributed by atoms with Gasteiger partial charge in [-0.1, -0.05) is 80.4 Å². The van der Waals surface area contributed by atoms with E-state index in [-0.39, 0.29) is 5.38 Å². The maximum absolute atomic E-state index is 6.42. The number of rotatable bonds is 10. The Balaban J connectivity index is 2.19. The summed E-state index contributed by atoms with van der Waals surface area (Å²) in [7, 11) is 0. The first-order valence-corrected chi connectivity index (χ1v) is 9.62. The molecule has 0 saturated carbocycles. The third kappa shape index (κ3) is 5.96. The summed E-state index contributed by atoms with van der Waals surface area (Å²) in [6, 6.07) is 21.7. The third-order valence-corrected chi connectivity index (χ3v) is 5.17. The zero-order chi connectivity index (χ0) is 17.2. The van der Waals surface area contributed by atoms with E-state index in [0.717, 1.165) is 12.8 Å². The van der Waals surface area contributed by atoms with Crippen LogP contribution in [0.1, 0.15) is 62.0 Å². The molecule has 0 aliphatic heterocycles. The number of benzene rings is 2. The number of alkyl halides is 1. The molecule has 0 aromatic heterocycles. The highest BCUT2D eigenvalue weighted by molar-refractivity contribution is 6.20. The lowest BCUT2D eigenvalue weighted by atomic mass is 9.80. The van der Waals surface area contributed by atoms with Gasteiger partial charge in [0.25, 0.3) is 0 Å². The standard InChI is InChI=1S/C22H30ClN/c1-2-3-10-20(18-11-6-4-7-12-18)15-21(16-22(23)17-24)19-13-8-5-9-14-19/h4-9,11-14,20-22H,2-3,10,15-17,24H2,1H3. The fraction of sp³-hybridized carbons (Fsp3) is 0.455. The number of halogens is 1. The molecular formula is C22H30ClN. The van der Waals surface area contributed by atoms with E-state index in [4.69, 9.17) is 17.3 Å². The summed E-state index contributed by atoms with van der Waals surface area (Å²) >= 11 is 6.42. The predicted octanol–water partition coefficient (Wildman–Crippen LogP) is 6.09. The molecule has 0 bridgehead atoms. The molecule has 0 fully saturated rings. The highest BCUT2D eigenvalue weighted by Crippen LogP contribution is 2.36. The first kappa shape index (κ1) is 19.0. The minimum Gasteiger partial charge on any atom is -0.329 e. The Bertz CT molecular complexity index is 555. The average Bonchev–Trinajstić information content (AvgIpc) is 2.65. The first-order valence-electron chi connectivity index (χ1n) is 9.18. The van der Waals surface area contributed by atoms with Crippen LogP contribution < -0.4 is 5.73 Å². The smallest absolute Gasteiger partial charge is 0.0464 e. The molecule has 2 aromatic carbocycles.